The number of hydrogen-bond donors (Lipinski definition) is 0. The molecule has 0 aliphatic carbocycles. The summed E-state index contributed by atoms with van der Waals surface area (Å²) in [5, 5.41) is 0. The molecule has 1 aromatic carbocycles. The largest absolute Gasteiger partial charge is 0.523 e. The highest BCUT2D eigenvalue weighted by atomic mass is 127. The highest BCUT2D eigenvalue weighted by molar-refractivity contribution is 14.1. The first-order valence-electron chi connectivity index (χ1n) is 3.42. The van der Waals surface area contributed by atoms with Crippen molar-refractivity contribution in [2.45, 2.75) is 0 Å². The Bertz CT molecular complexity index is 421. The third-order valence-electron chi connectivity index (χ3n) is 1.42. The van der Waals surface area contributed by atoms with Gasteiger partial charge in [-0.25, -0.2) is 18.0 Å². The van der Waals surface area contributed by atoms with Crippen molar-refractivity contribution in [2.75, 3.05) is 0 Å². The van der Waals surface area contributed by atoms with Crippen LogP contribution in [0.1, 0.15) is 0 Å². The minimum absolute atomic E-state index is 1.01. The highest BCUT2D eigenvalue weighted by Crippen LogP contribution is 2.29. The fourth-order valence-electron chi connectivity index (χ4n) is 0.773. The van der Waals surface area contributed by atoms with Gasteiger partial charge in [-0.2, -0.15) is 8.78 Å². The lowest BCUT2D eigenvalue weighted by molar-refractivity contribution is 0.161. The molecule has 0 aromatic heterocycles. The number of carbonyl (C=O) groups is 1. The predicted molar refractivity (Wildman–Crippen MR) is 47.4 cm³/mol. The van der Waals surface area contributed by atoms with E-state index in [9.17, 15) is 26.7 Å². The van der Waals surface area contributed by atoms with Gasteiger partial charge in [0, 0.05) is 0 Å². The van der Waals surface area contributed by atoms with Gasteiger partial charge in [0.1, 0.15) is 0 Å². The molecular weight excluding hydrogens is 354 g/mol. The standard InChI is InChI=1S/C7F5IO3/c8-1-2(9)4(11)6(5(12)3(1)10)15-7(14)16-13. The normalized spacial score (nSPS) is 10.1. The number of carbonyl (C=O) groups excluding carboxylic acids is 1. The second-order valence-electron chi connectivity index (χ2n) is 2.33. The van der Waals surface area contributed by atoms with Gasteiger partial charge in [-0.3, -0.25) is 0 Å². The molecule has 0 N–H and O–H groups in total. The molecular formula is C7F5IO3. The molecule has 0 saturated carbocycles. The van der Waals surface area contributed by atoms with Crippen LogP contribution in [0.25, 0.3) is 0 Å². The summed E-state index contributed by atoms with van der Waals surface area (Å²) < 4.78 is 70.9. The topological polar surface area (TPSA) is 35.5 Å². The van der Waals surface area contributed by atoms with Gasteiger partial charge in [0.15, 0.2) is 23.0 Å². The Morgan fingerprint density at radius 1 is 0.875 bits per heavy atom. The van der Waals surface area contributed by atoms with Gasteiger partial charge < -0.3 is 7.80 Å². The molecule has 16 heavy (non-hydrogen) atoms. The molecule has 0 saturated heterocycles. The van der Waals surface area contributed by atoms with Gasteiger partial charge in [0.25, 0.3) is 0 Å². The summed E-state index contributed by atoms with van der Waals surface area (Å²) >= 11 is 1.01. The minimum atomic E-state index is -2.34. The zero-order chi connectivity index (χ0) is 12.5. The van der Waals surface area contributed by atoms with Crippen LogP contribution in [0.2, 0.25) is 0 Å². The fraction of sp³-hybridized carbons (Fsp3) is 0. The minimum Gasteiger partial charge on any atom is -0.388 e. The molecule has 0 aliphatic rings. The number of rotatable bonds is 1. The molecule has 88 valence electrons. The lowest BCUT2D eigenvalue weighted by Gasteiger charge is -2.06. The van der Waals surface area contributed by atoms with E-state index in [4.69, 9.17) is 0 Å². The summed E-state index contributed by atoms with van der Waals surface area (Å²) in [5.74, 6) is -13.0. The van der Waals surface area contributed by atoms with Crippen molar-refractivity contribution < 1.29 is 34.5 Å². The van der Waals surface area contributed by atoms with Crippen molar-refractivity contribution in [3.63, 3.8) is 0 Å². The van der Waals surface area contributed by atoms with Crippen molar-refractivity contribution in [3.8, 4) is 5.75 Å². The number of benzene rings is 1. The van der Waals surface area contributed by atoms with Crippen molar-refractivity contribution in [3.05, 3.63) is 29.1 Å². The van der Waals surface area contributed by atoms with E-state index in [-0.39, 0.29) is 0 Å². The third kappa shape index (κ3) is 2.18. The monoisotopic (exact) mass is 354 g/mol. The second kappa shape index (κ2) is 4.80. The van der Waals surface area contributed by atoms with E-state index in [0.29, 0.717) is 0 Å². The van der Waals surface area contributed by atoms with Crippen LogP contribution in [-0.4, -0.2) is 6.16 Å². The van der Waals surface area contributed by atoms with E-state index < -0.39 is 41.0 Å². The number of hydrogen-bond acceptors (Lipinski definition) is 3. The van der Waals surface area contributed by atoms with Crippen LogP contribution in [-0.2, 0) is 3.07 Å². The number of ether oxygens (including phenoxy) is 1. The molecule has 0 aliphatic heterocycles. The van der Waals surface area contributed by atoms with E-state index in [0.717, 1.165) is 23.0 Å². The van der Waals surface area contributed by atoms with Crippen LogP contribution >= 0.6 is 23.0 Å². The second-order valence-corrected chi connectivity index (χ2v) is 2.77. The molecule has 1 rings (SSSR count). The first kappa shape index (κ1) is 12.9. The molecule has 0 amide bonds. The van der Waals surface area contributed by atoms with Crippen LogP contribution in [0.15, 0.2) is 0 Å². The van der Waals surface area contributed by atoms with Crippen LogP contribution < -0.4 is 4.74 Å². The van der Waals surface area contributed by atoms with Crippen molar-refractivity contribution >= 4 is 29.2 Å². The third-order valence-corrected chi connectivity index (χ3v) is 1.78. The van der Waals surface area contributed by atoms with Crippen molar-refractivity contribution in [1.29, 1.82) is 0 Å². The quantitative estimate of drug-likeness (QED) is 0.194. The first-order valence-corrected chi connectivity index (χ1v) is 4.30. The summed E-state index contributed by atoms with van der Waals surface area (Å²) in [7, 11) is 0. The molecule has 3 nitrogen and oxygen atoms in total. The summed E-state index contributed by atoms with van der Waals surface area (Å²) in [6.45, 7) is 0. The molecule has 0 atom stereocenters. The lowest BCUT2D eigenvalue weighted by atomic mass is 10.3. The maximum absolute atomic E-state index is 12.8. The maximum Gasteiger partial charge on any atom is 0.523 e. The zero-order valence-electron chi connectivity index (χ0n) is 6.99. The molecule has 1 aromatic rings. The maximum atomic E-state index is 12.8. The van der Waals surface area contributed by atoms with E-state index in [2.05, 4.69) is 7.80 Å². The summed E-state index contributed by atoms with van der Waals surface area (Å²) in [6, 6.07) is 0. The van der Waals surface area contributed by atoms with Crippen molar-refractivity contribution in [1.82, 2.24) is 0 Å². The summed E-state index contributed by atoms with van der Waals surface area (Å²) in [4.78, 5) is 10.5. The fourth-order valence-corrected chi connectivity index (χ4v) is 0.863. The van der Waals surface area contributed by atoms with Crippen LogP contribution in [0.3, 0.4) is 0 Å². The zero-order valence-corrected chi connectivity index (χ0v) is 9.15. The Labute approximate surface area is 98.8 Å². The Kier molecular flexibility index (Phi) is 3.88. The van der Waals surface area contributed by atoms with Gasteiger partial charge in [-0.15, -0.1) is 0 Å². The molecule has 9 heteroatoms. The highest BCUT2D eigenvalue weighted by Gasteiger charge is 2.28. The lowest BCUT2D eigenvalue weighted by Crippen LogP contribution is -2.11. The summed E-state index contributed by atoms with van der Waals surface area (Å²) in [5.41, 5.74) is 0. The van der Waals surface area contributed by atoms with E-state index in [1.807, 2.05) is 0 Å². The Morgan fingerprint density at radius 3 is 1.62 bits per heavy atom. The smallest absolute Gasteiger partial charge is 0.388 e. The molecule has 0 bridgehead atoms. The van der Waals surface area contributed by atoms with Gasteiger partial charge in [-0.1, -0.05) is 0 Å². The first-order chi connectivity index (χ1) is 7.40. The average molecular weight is 354 g/mol. The van der Waals surface area contributed by atoms with E-state index in [1.165, 1.54) is 0 Å². The molecule has 0 heterocycles. The van der Waals surface area contributed by atoms with E-state index in [1.54, 1.807) is 0 Å². The van der Waals surface area contributed by atoms with Gasteiger partial charge >= 0.3 is 6.16 Å². The van der Waals surface area contributed by atoms with Gasteiger partial charge in [-0.05, 0) is 0 Å². The Balaban J connectivity index is 3.34. The average Bonchev–Trinajstić information content (AvgIpc) is 2.29. The molecule has 0 unspecified atom stereocenters. The van der Waals surface area contributed by atoms with Crippen LogP contribution in [0.5, 0.6) is 5.75 Å². The van der Waals surface area contributed by atoms with Gasteiger partial charge in [0.05, 0.1) is 0 Å². The van der Waals surface area contributed by atoms with Gasteiger partial charge in [0.2, 0.25) is 34.8 Å². The Hall–Kier alpha value is -1.13. The van der Waals surface area contributed by atoms with Crippen LogP contribution in [0, 0.1) is 29.1 Å². The molecule has 0 radical (unpaired) electrons. The number of halogens is 6. The van der Waals surface area contributed by atoms with Crippen molar-refractivity contribution in [2.24, 2.45) is 0 Å². The Morgan fingerprint density at radius 2 is 1.25 bits per heavy atom. The summed E-state index contributed by atoms with van der Waals surface area (Å²) in [6.07, 6.45) is -1.62. The van der Waals surface area contributed by atoms with E-state index >= 15 is 0 Å². The predicted octanol–water partition coefficient (Wildman–Crippen LogP) is 3.25. The molecule has 0 fully saturated rings. The molecule has 0 spiro atoms. The van der Waals surface area contributed by atoms with Crippen LogP contribution in [0.4, 0.5) is 26.7 Å². The SMILES string of the molecule is O=C(OI)Oc1c(F)c(F)c(F)c(F)c1F.